The Morgan fingerprint density at radius 2 is 2.14 bits per heavy atom. The zero-order valence-corrected chi connectivity index (χ0v) is 13.1. The van der Waals surface area contributed by atoms with Crippen molar-refractivity contribution in [3.05, 3.63) is 47.0 Å². The van der Waals surface area contributed by atoms with Crippen molar-refractivity contribution in [3.8, 4) is 0 Å². The number of aromatic nitrogens is 3. The molecule has 0 bridgehead atoms. The molecule has 2 aromatic heterocycles. The first-order valence-corrected chi connectivity index (χ1v) is 7.35. The molecule has 2 aromatic rings. The molecule has 21 heavy (non-hydrogen) atoms. The molecule has 5 heteroatoms. The summed E-state index contributed by atoms with van der Waals surface area (Å²) < 4.78 is 7.12. The van der Waals surface area contributed by atoms with Crippen molar-refractivity contribution in [2.24, 2.45) is 0 Å². The van der Waals surface area contributed by atoms with Gasteiger partial charge in [-0.3, -0.25) is 9.67 Å². The number of nitrogens with one attached hydrogen (secondary N) is 1. The maximum Gasteiger partial charge on any atom is 0.0641 e. The van der Waals surface area contributed by atoms with E-state index < -0.39 is 0 Å². The van der Waals surface area contributed by atoms with E-state index >= 15 is 0 Å². The Morgan fingerprint density at radius 1 is 1.29 bits per heavy atom. The second-order valence-electron chi connectivity index (χ2n) is 5.11. The van der Waals surface area contributed by atoms with Gasteiger partial charge in [-0.2, -0.15) is 5.10 Å². The highest BCUT2D eigenvalue weighted by molar-refractivity contribution is 5.24. The third kappa shape index (κ3) is 4.37. The van der Waals surface area contributed by atoms with Crippen LogP contribution in [-0.4, -0.2) is 35.0 Å². The minimum absolute atomic E-state index is 0.728. The van der Waals surface area contributed by atoms with E-state index in [1.165, 1.54) is 11.3 Å². The molecule has 1 N–H and O–H groups in total. The number of hydrogen-bond acceptors (Lipinski definition) is 4. The van der Waals surface area contributed by atoms with Gasteiger partial charge in [0.2, 0.25) is 0 Å². The zero-order chi connectivity index (χ0) is 15.1. The maximum atomic E-state index is 5.04. The zero-order valence-electron chi connectivity index (χ0n) is 13.1. The summed E-state index contributed by atoms with van der Waals surface area (Å²) in [5.74, 6) is 0. The Labute approximate surface area is 126 Å². The minimum Gasteiger partial charge on any atom is -0.383 e. The summed E-state index contributed by atoms with van der Waals surface area (Å²) in [4.78, 5) is 4.36. The number of methoxy groups -OCH3 is 1. The summed E-state index contributed by atoms with van der Waals surface area (Å²) in [6.45, 7) is 7.48. The Morgan fingerprint density at radius 3 is 2.86 bits per heavy atom. The van der Waals surface area contributed by atoms with Crippen LogP contribution in [0.3, 0.4) is 0 Å². The normalized spacial score (nSPS) is 11.0. The highest BCUT2D eigenvalue weighted by atomic mass is 16.5. The first kappa shape index (κ1) is 15.7. The molecule has 0 aliphatic heterocycles. The van der Waals surface area contributed by atoms with Crippen LogP contribution in [0.25, 0.3) is 0 Å². The van der Waals surface area contributed by atoms with Gasteiger partial charge in [-0.1, -0.05) is 6.07 Å². The first-order chi connectivity index (χ1) is 10.2. The molecule has 0 amide bonds. The molecule has 0 radical (unpaired) electrons. The molecule has 114 valence electrons. The summed E-state index contributed by atoms with van der Waals surface area (Å²) in [5.41, 5.74) is 4.71. The van der Waals surface area contributed by atoms with Gasteiger partial charge >= 0.3 is 0 Å². The third-order valence-corrected chi connectivity index (χ3v) is 3.62. The van der Waals surface area contributed by atoms with E-state index in [1.54, 1.807) is 7.11 Å². The fourth-order valence-electron chi connectivity index (χ4n) is 2.36. The molecule has 0 fully saturated rings. The van der Waals surface area contributed by atoms with Crippen molar-refractivity contribution < 1.29 is 4.74 Å². The summed E-state index contributed by atoms with van der Waals surface area (Å²) in [6, 6.07) is 6.02. The maximum absolute atomic E-state index is 5.04. The molecule has 5 nitrogen and oxygen atoms in total. The van der Waals surface area contributed by atoms with Gasteiger partial charge in [0.15, 0.2) is 0 Å². The van der Waals surface area contributed by atoms with Gasteiger partial charge in [-0.15, -0.1) is 0 Å². The lowest BCUT2D eigenvalue weighted by atomic mass is 10.2. The second kappa shape index (κ2) is 7.90. The number of rotatable bonds is 8. The Balaban J connectivity index is 1.94. The lowest BCUT2D eigenvalue weighted by Gasteiger charge is -2.06. The predicted octanol–water partition coefficient (Wildman–Crippen LogP) is 1.87. The van der Waals surface area contributed by atoms with Gasteiger partial charge in [-0.05, 0) is 26.0 Å². The van der Waals surface area contributed by atoms with E-state index in [0.29, 0.717) is 0 Å². The van der Waals surface area contributed by atoms with Crippen molar-refractivity contribution in [1.29, 1.82) is 0 Å². The molecular formula is C16H24N4O. The third-order valence-electron chi connectivity index (χ3n) is 3.62. The molecule has 2 heterocycles. The lowest BCUT2D eigenvalue weighted by molar-refractivity contribution is 0.199. The van der Waals surface area contributed by atoms with Crippen LogP contribution in [-0.2, 0) is 24.2 Å². The van der Waals surface area contributed by atoms with Crippen molar-refractivity contribution >= 4 is 0 Å². The van der Waals surface area contributed by atoms with E-state index in [9.17, 15) is 0 Å². The quantitative estimate of drug-likeness (QED) is 0.754. The fourth-order valence-corrected chi connectivity index (χ4v) is 2.36. The van der Waals surface area contributed by atoms with E-state index in [4.69, 9.17) is 4.74 Å². The number of hydrogen-bond donors (Lipinski definition) is 1. The average Bonchev–Trinajstić information content (AvgIpc) is 2.77. The molecule has 0 aliphatic rings. The van der Waals surface area contributed by atoms with Crippen LogP contribution in [0.5, 0.6) is 0 Å². The molecule has 0 aromatic carbocycles. The predicted molar refractivity (Wildman–Crippen MR) is 83.2 cm³/mol. The van der Waals surface area contributed by atoms with Crippen LogP contribution in [0.4, 0.5) is 0 Å². The van der Waals surface area contributed by atoms with Crippen LogP contribution in [0, 0.1) is 13.8 Å². The molecule has 0 unspecified atom stereocenters. The summed E-state index contributed by atoms with van der Waals surface area (Å²) in [6.07, 6.45) is 2.74. The van der Waals surface area contributed by atoms with Crippen molar-refractivity contribution in [2.45, 2.75) is 33.4 Å². The van der Waals surface area contributed by atoms with Gasteiger partial charge in [0.05, 0.1) is 12.3 Å². The molecule has 0 spiro atoms. The summed E-state index contributed by atoms with van der Waals surface area (Å²) in [5, 5.41) is 8.02. The second-order valence-corrected chi connectivity index (χ2v) is 5.11. The molecule has 0 atom stereocenters. The largest absolute Gasteiger partial charge is 0.383 e. The Bertz CT molecular complexity index is 551. The van der Waals surface area contributed by atoms with Crippen molar-refractivity contribution in [1.82, 2.24) is 20.1 Å². The fraction of sp³-hybridized carbons (Fsp3) is 0.500. The van der Waals surface area contributed by atoms with Crippen molar-refractivity contribution in [3.63, 3.8) is 0 Å². The summed E-state index contributed by atoms with van der Waals surface area (Å²) >= 11 is 0. The number of aryl methyl sites for hydroxylation is 3. The van der Waals surface area contributed by atoms with Gasteiger partial charge < -0.3 is 10.1 Å². The minimum atomic E-state index is 0.728. The number of nitrogens with zero attached hydrogens (tertiary/aromatic N) is 3. The molecule has 0 saturated heterocycles. The van der Waals surface area contributed by atoms with Gasteiger partial charge in [0.25, 0.3) is 0 Å². The SMILES string of the molecule is COCCNCc1c(C)nn(CCc2ccccn2)c1C. The van der Waals surface area contributed by atoms with Crippen molar-refractivity contribution in [2.75, 3.05) is 20.3 Å². The molecule has 0 saturated carbocycles. The highest BCUT2D eigenvalue weighted by Gasteiger charge is 2.11. The Kier molecular flexibility index (Phi) is 5.90. The van der Waals surface area contributed by atoms with Crippen LogP contribution in [0.2, 0.25) is 0 Å². The van der Waals surface area contributed by atoms with Gasteiger partial charge in [-0.25, -0.2) is 0 Å². The van der Waals surface area contributed by atoms with Crippen LogP contribution in [0.15, 0.2) is 24.4 Å². The average molecular weight is 288 g/mol. The van der Waals surface area contributed by atoms with Crippen LogP contribution >= 0.6 is 0 Å². The Hall–Kier alpha value is -1.72. The van der Waals surface area contributed by atoms with E-state index in [2.05, 4.69) is 40.0 Å². The smallest absolute Gasteiger partial charge is 0.0641 e. The lowest BCUT2D eigenvalue weighted by Crippen LogP contribution is -2.19. The molecule has 0 aliphatic carbocycles. The van der Waals surface area contributed by atoms with Gasteiger partial charge in [0.1, 0.15) is 0 Å². The number of ether oxygens (including phenoxy) is 1. The van der Waals surface area contributed by atoms with E-state index in [0.717, 1.165) is 44.0 Å². The molecule has 2 rings (SSSR count). The van der Waals surface area contributed by atoms with Crippen LogP contribution in [0.1, 0.15) is 22.6 Å². The monoisotopic (exact) mass is 288 g/mol. The van der Waals surface area contributed by atoms with E-state index in [1.807, 2.05) is 18.3 Å². The highest BCUT2D eigenvalue weighted by Crippen LogP contribution is 2.13. The first-order valence-electron chi connectivity index (χ1n) is 7.35. The van der Waals surface area contributed by atoms with Gasteiger partial charge in [0, 0.05) is 56.3 Å². The molecular weight excluding hydrogens is 264 g/mol. The summed E-state index contributed by atoms with van der Waals surface area (Å²) in [7, 11) is 1.72. The topological polar surface area (TPSA) is 52.0 Å². The standard InChI is InChI=1S/C16H24N4O/c1-13-16(12-17-9-11-21-3)14(2)20(19-13)10-7-15-6-4-5-8-18-15/h4-6,8,17H,7,9-12H2,1-3H3. The van der Waals surface area contributed by atoms with Crippen LogP contribution < -0.4 is 5.32 Å². The van der Waals surface area contributed by atoms with E-state index in [-0.39, 0.29) is 0 Å². The number of pyridine rings is 1.